The summed E-state index contributed by atoms with van der Waals surface area (Å²) < 4.78 is 40.3. The third-order valence-corrected chi connectivity index (χ3v) is 3.16. The fourth-order valence-electron chi connectivity index (χ4n) is 1.97. The molecule has 1 aromatic rings. The van der Waals surface area contributed by atoms with Crippen LogP contribution in [0.25, 0.3) is 0 Å². The van der Waals surface area contributed by atoms with Crippen LogP contribution in [0.1, 0.15) is 31.7 Å². The normalized spacial score (nSPS) is 15.2. The molecule has 0 amide bonds. The van der Waals surface area contributed by atoms with E-state index in [0.29, 0.717) is 12.8 Å². The Bertz CT molecular complexity index is 367. The second kappa shape index (κ2) is 6.91. The minimum Gasteiger partial charge on any atom is -0.372 e. The highest BCUT2D eigenvalue weighted by molar-refractivity contribution is 5.23. The van der Waals surface area contributed by atoms with Crippen LogP contribution in [0.3, 0.4) is 0 Å². The molecule has 5 heteroatoms. The first-order valence-electron chi connectivity index (χ1n) is 6.36. The van der Waals surface area contributed by atoms with Crippen molar-refractivity contribution < 1.29 is 17.9 Å². The molecule has 2 nitrogen and oxygen atoms in total. The molecule has 0 radical (unpaired) electrons. The van der Waals surface area contributed by atoms with E-state index in [-0.39, 0.29) is 6.61 Å². The van der Waals surface area contributed by atoms with Crippen LogP contribution in [0, 0.1) is 0 Å². The van der Waals surface area contributed by atoms with E-state index in [1.165, 1.54) is 0 Å². The van der Waals surface area contributed by atoms with Crippen LogP contribution in [-0.4, -0.2) is 19.4 Å². The van der Waals surface area contributed by atoms with Gasteiger partial charge in [-0.25, -0.2) is 0 Å². The highest BCUT2D eigenvalue weighted by Crippen LogP contribution is 2.27. The molecular weight excluding hydrogens is 255 g/mol. The molecule has 1 aromatic carbocycles. The van der Waals surface area contributed by atoms with Crippen molar-refractivity contribution in [2.45, 2.75) is 37.9 Å². The quantitative estimate of drug-likeness (QED) is 0.771. The Morgan fingerprint density at radius 2 is 1.79 bits per heavy atom. The summed E-state index contributed by atoms with van der Waals surface area (Å²) in [6, 6.07) is 9.62. The Morgan fingerprint density at radius 1 is 1.16 bits per heavy atom. The number of ether oxygens (including phenoxy) is 1. The van der Waals surface area contributed by atoms with E-state index in [4.69, 9.17) is 5.73 Å². The summed E-state index contributed by atoms with van der Waals surface area (Å²) in [6.07, 6.45) is -2.42. The van der Waals surface area contributed by atoms with Gasteiger partial charge in [0.2, 0.25) is 0 Å². The number of hydrogen-bond donors (Lipinski definition) is 1. The first-order valence-corrected chi connectivity index (χ1v) is 6.36. The van der Waals surface area contributed by atoms with Crippen molar-refractivity contribution >= 4 is 0 Å². The maximum Gasteiger partial charge on any atom is 0.411 e. The molecule has 1 rings (SSSR count). The van der Waals surface area contributed by atoms with Gasteiger partial charge in [0, 0.05) is 12.1 Å². The van der Waals surface area contributed by atoms with Gasteiger partial charge < -0.3 is 10.5 Å². The molecular formula is C14H20F3NO. The molecule has 1 atom stereocenters. The first-order chi connectivity index (χ1) is 8.87. The van der Waals surface area contributed by atoms with Crippen LogP contribution in [0.2, 0.25) is 0 Å². The lowest BCUT2D eigenvalue weighted by Gasteiger charge is -2.29. The van der Waals surface area contributed by atoms with E-state index in [9.17, 15) is 13.2 Å². The SMILES string of the molecule is CCC(N)(CCCOCC(F)(F)F)c1ccccc1. The average Bonchev–Trinajstić information content (AvgIpc) is 2.38. The van der Waals surface area contributed by atoms with Crippen LogP contribution in [0.15, 0.2) is 30.3 Å². The lowest BCUT2D eigenvalue weighted by atomic mass is 9.84. The fourth-order valence-corrected chi connectivity index (χ4v) is 1.97. The van der Waals surface area contributed by atoms with Gasteiger partial charge in [-0.15, -0.1) is 0 Å². The molecule has 0 heterocycles. The van der Waals surface area contributed by atoms with Crippen LogP contribution in [0.4, 0.5) is 13.2 Å². The van der Waals surface area contributed by atoms with E-state index in [2.05, 4.69) is 4.74 Å². The van der Waals surface area contributed by atoms with E-state index in [1.54, 1.807) is 0 Å². The van der Waals surface area contributed by atoms with Gasteiger partial charge in [0.05, 0.1) is 0 Å². The van der Waals surface area contributed by atoms with Gasteiger partial charge in [-0.3, -0.25) is 0 Å². The fraction of sp³-hybridized carbons (Fsp3) is 0.571. The Labute approximate surface area is 111 Å². The maximum atomic E-state index is 11.9. The van der Waals surface area contributed by atoms with Crippen molar-refractivity contribution in [3.63, 3.8) is 0 Å². The molecule has 0 saturated heterocycles. The zero-order valence-electron chi connectivity index (χ0n) is 11.0. The zero-order chi connectivity index (χ0) is 14.4. The van der Waals surface area contributed by atoms with Crippen molar-refractivity contribution in [1.29, 1.82) is 0 Å². The van der Waals surface area contributed by atoms with Crippen molar-refractivity contribution in [2.24, 2.45) is 5.73 Å². The van der Waals surface area contributed by atoms with Crippen LogP contribution >= 0.6 is 0 Å². The van der Waals surface area contributed by atoms with Crippen LogP contribution < -0.4 is 5.73 Å². The van der Waals surface area contributed by atoms with Crippen molar-refractivity contribution in [3.05, 3.63) is 35.9 Å². The third kappa shape index (κ3) is 5.61. The van der Waals surface area contributed by atoms with Gasteiger partial charge in [0.1, 0.15) is 6.61 Å². The number of rotatable bonds is 7. The van der Waals surface area contributed by atoms with E-state index >= 15 is 0 Å². The second-order valence-corrected chi connectivity index (χ2v) is 4.65. The van der Waals surface area contributed by atoms with E-state index in [0.717, 1.165) is 12.0 Å². The van der Waals surface area contributed by atoms with Gasteiger partial charge in [-0.05, 0) is 24.8 Å². The van der Waals surface area contributed by atoms with Gasteiger partial charge in [0.25, 0.3) is 0 Å². The van der Waals surface area contributed by atoms with Crippen molar-refractivity contribution in [3.8, 4) is 0 Å². The van der Waals surface area contributed by atoms with Gasteiger partial charge in [-0.2, -0.15) is 13.2 Å². The largest absolute Gasteiger partial charge is 0.411 e. The summed E-state index contributed by atoms with van der Waals surface area (Å²) in [5, 5.41) is 0. The second-order valence-electron chi connectivity index (χ2n) is 4.65. The summed E-state index contributed by atoms with van der Waals surface area (Å²) >= 11 is 0. The maximum absolute atomic E-state index is 11.9. The Hall–Kier alpha value is -1.07. The number of halogens is 3. The molecule has 19 heavy (non-hydrogen) atoms. The predicted molar refractivity (Wildman–Crippen MR) is 68.7 cm³/mol. The van der Waals surface area contributed by atoms with E-state index in [1.807, 2.05) is 37.3 Å². The minimum absolute atomic E-state index is 0.0747. The molecule has 0 fully saturated rings. The molecule has 0 aromatic heterocycles. The number of nitrogens with two attached hydrogens (primary N) is 1. The lowest BCUT2D eigenvalue weighted by Crippen LogP contribution is -2.36. The Morgan fingerprint density at radius 3 is 2.32 bits per heavy atom. The molecule has 1 unspecified atom stereocenters. The summed E-state index contributed by atoms with van der Waals surface area (Å²) in [7, 11) is 0. The van der Waals surface area contributed by atoms with Gasteiger partial charge >= 0.3 is 6.18 Å². The molecule has 2 N–H and O–H groups in total. The predicted octanol–water partition coefficient (Wildman–Crippen LogP) is 3.61. The van der Waals surface area contributed by atoms with Gasteiger partial charge in [0.15, 0.2) is 0 Å². The molecule has 0 aliphatic carbocycles. The van der Waals surface area contributed by atoms with Crippen molar-refractivity contribution in [1.82, 2.24) is 0 Å². The summed E-state index contributed by atoms with van der Waals surface area (Å²) in [6.45, 7) is 0.858. The highest BCUT2D eigenvalue weighted by Gasteiger charge is 2.28. The van der Waals surface area contributed by atoms with Crippen molar-refractivity contribution in [2.75, 3.05) is 13.2 Å². The van der Waals surface area contributed by atoms with Crippen LogP contribution in [-0.2, 0) is 10.3 Å². The summed E-state index contributed by atoms with van der Waals surface area (Å²) in [4.78, 5) is 0. The highest BCUT2D eigenvalue weighted by atomic mass is 19.4. The Kier molecular flexibility index (Phi) is 5.82. The molecule has 0 aliphatic rings. The lowest BCUT2D eigenvalue weighted by molar-refractivity contribution is -0.174. The Balaban J connectivity index is 2.41. The third-order valence-electron chi connectivity index (χ3n) is 3.16. The zero-order valence-corrected chi connectivity index (χ0v) is 11.0. The average molecular weight is 275 g/mol. The number of hydrogen-bond acceptors (Lipinski definition) is 2. The standard InChI is InChI=1S/C14H20F3NO/c1-2-13(18,12-7-4-3-5-8-12)9-6-10-19-11-14(15,16)17/h3-5,7-8H,2,6,9-11,18H2,1H3. The number of alkyl halides is 3. The van der Waals surface area contributed by atoms with Gasteiger partial charge in [-0.1, -0.05) is 37.3 Å². The summed E-state index contributed by atoms with van der Waals surface area (Å²) in [5.41, 5.74) is 6.82. The number of benzene rings is 1. The topological polar surface area (TPSA) is 35.2 Å². The molecule has 108 valence electrons. The molecule has 0 saturated carbocycles. The monoisotopic (exact) mass is 275 g/mol. The molecule has 0 bridgehead atoms. The molecule has 0 spiro atoms. The smallest absolute Gasteiger partial charge is 0.372 e. The molecule has 0 aliphatic heterocycles. The van der Waals surface area contributed by atoms with Crippen LogP contribution in [0.5, 0.6) is 0 Å². The minimum atomic E-state index is -4.26. The summed E-state index contributed by atoms with van der Waals surface area (Å²) in [5.74, 6) is 0. The first kappa shape index (κ1) is 16.0. The van der Waals surface area contributed by atoms with E-state index < -0.39 is 18.3 Å².